The molecule has 0 unspecified atom stereocenters. The quantitative estimate of drug-likeness (QED) is 0.721. The second-order valence-corrected chi connectivity index (χ2v) is 3.44. The van der Waals surface area contributed by atoms with E-state index in [0.717, 1.165) is 0 Å². The van der Waals surface area contributed by atoms with Crippen LogP contribution in [0.15, 0.2) is 30.6 Å². The van der Waals surface area contributed by atoms with Crippen LogP contribution < -0.4 is 0 Å². The zero-order valence-corrected chi connectivity index (χ0v) is 8.45. The summed E-state index contributed by atoms with van der Waals surface area (Å²) < 4.78 is 5.10. The van der Waals surface area contributed by atoms with Crippen LogP contribution in [-0.4, -0.2) is 12.1 Å². The average molecular weight is 187 g/mol. The third-order valence-electron chi connectivity index (χ3n) is 2.34. The van der Waals surface area contributed by atoms with Gasteiger partial charge in [0.15, 0.2) is 0 Å². The molecule has 0 bridgehead atoms. The van der Waals surface area contributed by atoms with Crippen LogP contribution in [0, 0.1) is 6.92 Å². The summed E-state index contributed by atoms with van der Waals surface area (Å²) in [6, 6.07) is 6.33. The van der Waals surface area contributed by atoms with Crippen molar-refractivity contribution in [2.75, 3.05) is 7.11 Å². The Morgan fingerprint density at radius 2 is 2.14 bits per heavy atom. The van der Waals surface area contributed by atoms with E-state index in [1.807, 2.05) is 12.4 Å². The summed E-state index contributed by atoms with van der Waals surface area (Å²) in [6.07, 6.45) is 3.78. The molecular weight excluding hydrogens is 174 g/mol. The smallest absolute Gasteiger partial charge is 0.0713 e. The van der Waals surface area contributed by atoms with Crippen LogP contribution in [0.5, 0.6) is 0 Å². The first-order valence-corrected chi connectivity index (χ1v) is 4.63. The fourth-order valence-corrected chi connectivity index (χ4v) is 1.61. The predicted molar refractivity (Wildman–Crippen MR) is 57.2 cm³/mol. The molecule has 72 valence electrons. The largest absolute Gasteiger partial charge is 0.380 e. The molecule has 14 heavy (non-hydrogen) atoms. The minimum absolute atomic E-state index is 0.664. The number of pyridine rings is 1. The lowest BCUT2D eigenvalue weighted by Gasteiger charge is -2.04. The maximum absolute atomic E-state index is 5.10. The van der Waals surface area contributed by atoms with Crippen molar-refractivity contribution in [1.29, 1.82) is 0 Å². The van der Waals surface area contributed by atoms with Crippen LogP contribution in [0.25, 0.3) is 10.8 Å². The van der Waals surface area contributed by atoms with Crippen molar-refractivity contribution < 1.29 is 4.74 Å². The normalized spacial score (nSPS) is 10.7. The monoisotopic (exact) mass is 187 g/mol. The first-order valence-electron chi connectivity index (χ1n) is 4.63. The summed E-state index contributed by atoms with van der Waals surface area (Å²) in [5.74, 6) is 0. The van der Waals surface area contributed by atoms with Gasteiger partial charge in [-0.3, -0.25) is 4.98 Å². The van der Waals surface area contributed by atoms with Crippen molar-refractivity contribution in [1.82, 2.24) is 4.98 Å². The van der Waals surface area contributed by atoms with Crippen molar-refractivity contribution in [3.8, 4) is 0 Å². The Labute approximate surface area is 83.5 Å². The van der Waals surface area contributed by atoms with E-state index in [9.17, 15) is 0 Å². The fraction of sp³-hybridized carbons (Fsp3) is 0.250. The van der Waals surface area contributed by atoms with Gasteiger partial charge in [-0.15, -0.1) is 0 Å². The van der Waals surface area contributed by atoms with Crippen molar-refractivity contribution in [3.05, 3.63) is 41.7 Å². The van der Waals surface area contributed by atoms with Crippen LogP contribution in [0.1, 0.15) is 11.1 Å². The summed E-state index contributed by atoms with van der Waals surface area (Å²) >= 11 is 0. The summed E-state index contributed by atoms with van der Waals surface area (Å²) in [6.45, 7) is 2.74. The van der Waals surface area contributed by atoms with E-state index in [0.29, 0.717) is 6.61 Å². The SMILES string of the molecule is COCc1ccc2cncc(C)c2c1. The lowest BCUT2D eigenvalue weighted by molar-refractivity contribution is 0.185. The first kappa shape index (κ1) is 9.16. The Morgan fingerprint density at radius 3 is 2.93 bits per heavy atom. The Morgan fingerprint density at radius 1 is 1.29 bits per heavy atom. The van der Waals surface area contributed by atoms with E-state index >= 15 is 0 Å². The molecule has 2 heteroatoms. The number of hydrogen-bond donors (Lipinski definition) is 0. The highest BCUT2D eigenvalue weighted by molar-refractivity contribution is 5.85. The topological polar surface area (TPSA) is 22.1 Å². The molecule has 0 spiro atoms. The van der Waals surface area contributed by atoms with Crippen molar-refractivity contribution in [2.24, 2.45) is 0 Å². The number of rotatable bonds is 2. The van der Waals surface area contributed by atoms with Gasteiger partial charge in [0.25, 0.3) is 0 Å². The molecule has 0 N–H and O–H groups in total. The number of nitrogens with zero attached hydrogens (tertiary/aromatic N) is 1. The Kier molecular flexibility index (Phi) is 2.46. The molecule has 1 heterocycles. The average Bonchev–Trinajstić information content (AvgIpc) is 2.20. The summed E-state index contributed by atoms with van der Waals surface area (Å²) in [7, 11) is 1.71. The molecule has 0 aliphatic heterocycles. The third kappa shape index (κ3) is 1.61. The first-order chi connectivity index (χ1) is 6.81. The predicted octanol–water partition coefficient (Wildman–Crippen LogP) is 2.69. The van der Waals surface area contributed by atoms with E-state index in [1.165, 1.54) is 21.9 Å². The molecule has 1 aromatic heterocycles. The van der Waals surface area contributed by atoms with Gasteiger partial charge < -0.3 is 4.74 Å². The molecule has 0 aliphatic carbocycles. The second-order valence-electron chi connectivity index (χ2n) is 3.44. The minimum Gasteiger partial charge on any atom is -0.380 e. The van der Waals surface area contributed by atoms with Crippen LogP contribution >= 0.6 is 0 Å². The van der Waals surface area contributed by atoms with Crippen LogP contribution in [-0.2, 0) is 11.3 Å². The number of methoxy groups -OCH3 is 1. The molecule has 0 amide bonds. The highest BCUT2D eigenvalue weighted by atomic mass is 16.5. The summed E-state index contributed by atoms with van der Waals surface area (Å²) in [4.78, 5) is 4.16. The minimum atomic E-state index is 0.664. The standard InChI is InChI=1S/C12H13NO/c1-9-6-13-7-11-4-3-10(8-14-2)5-12(9)11/h3-7H,8H2,1-2H3. The zero-order valence-electron chi connectivity index (χ0n) is 8.45. The van der Waals surface area contributed by atoms with Crippen LogP contribution in [0.4, 0.5) is 0 Å². The molecule has 2 aromatic rings. The van der Waals surface area contributed by atoms with Gasteiger partial charge in [0.1, 0.15) is 0 Å². The number of fused-ring (bicyclic) bond motifs is 1. The van der Waals surface area contributed by atoms with Crippen LogP contribution in [0.3, 0.4) is 0 Å². The number of ether oxygens (including phenoxy) is 1. The molecule has 0 aliphatic rings. The molecule has 0 fully saturated rings. The molecule has 0 radical (unpaired) electrons. The second kappa shape index (κ2) is 3.76. The van der Waals surface area contributed by atoms with Crippen LogP contribution in [0.2, 0.25) is 0 Å². The molecular formula is C12H13NO. The van der Waals surface area contributed by atoms with Gasteiger partial charge in [0.2, 0.25) is 0 Å². The molecule has 2 nitrogen and oxygen atoms in total. The lowest BCUT2D eigenvalue weighted by atomic mass is 10.1. The third-order valence-corrected chi connectivity index (χ3v) is 2.34. The van der Waals surface area contributed by atoms with E-state index < -0.39 is 0 Å². The number of hydrogen-bond acceptors (Lipinski definition) is 2. The molecule has 0 atom stereocenters. The van der Waals surface area contributed by atoms with Crippen molar-refractivity contribution in [3.63, 3.8) is 0 Å². The van der Waals surface area contributed by atoms with Gasteiger partial charge in [-0.1, -0.05) is 12.1 Å². The van der Waals surface area contributed by atoms with Crippen molar-refractivity contribution >= 4 is 10.8 Å². The van der Waals surface area contributed by atoms with Gasteiger partial charge in [-0.25, -0.2) is 0 Å². The molecule has 1 aromatic carbocycles. The summed E-state index contributed by atoms with van der Waals surface area (Å²) in [5.41, 5.74) is 2.41. The van der Waals surface area contributed by atoms with Gasteiger partial charge in [0.05, 0.1) is 6.61 Å². The highest BCUT2D eigenvalue weighted by Crippen LogP contribution is 2.18. The molecule has 0 saturated carbocycles. The van der Waals surface area contributed by atoms with Gasteiger partial charge in [-0.2, -0.15) is 0 Å². The number of aromatic nitrogens is 1. The maximum atomic E-state index is 5.10. The molecule has 0 saturated heterocycles. The summed E-state index contributed by atoms with van der Waals surface area (Å²) in [5, 5.41) is 2.44. The fourth-order valence-electron chi connectivity index (χ4n) is 1.61. The van der Waals surface area contributed by atoms with Gasteiger partial charge in [-0.05, 0) is 29.5 Å². The van der Waals surface area contributed by atoms with E-state index in [4.69, 9.17) is 4.74 Å². The van der Waals surface area contributed by atoms with E-state index in [-0.39, 0.29) is 0 Å². The van der Waals surface area contributed by atoms with Crippen molar-refractivity contribution in [2.45, 2.75) is 13.5 Å². The van der Waals surface area contributed by atoms with E-state index in [2.05, 4.69) is 30.1 Å². The lowest BCUT2D eigenvalue weighted by Crippen LogP contribution is -1.88. The van der Waals surface area contributed by atoms with E-state index in [1.54, 1.807) is 7.11 Å². The zero-order chi connectivity index (χ0) is 9.97. The Hall–Kier alpha value is -1.41. The Bertz CT molecular complexity index is 451. The maximum Gasteiger partial charge on any atom is 0.0713 e. The number of benzene rings is 1. The van der Waals surface area contributed by atoms with Gasteiger partial charge >= 0.3 is 0 Å². The molecule has 2 rings (SSSR count). The number of aryl methyl sites for hydroxylation is 1. The Balaban J connectivity index is 2.58. The highest BCUT2D eigenvalue weighted by Gasteiger charge is 1.98. The van der Waals surface area contributed by atoms with Gasteiger partial charge in [0, 0.05) is 24.9 Å².